The van der Waals surface area contributed by atoms with Crippen molar-refractivity contribution >= 4 is 23.1 Å². The van der Waals surface area contributed by atoms with E-state index in [1.165, 1.54) is 6.33 Å². The molecule has 0 amide bonds. The molecule has 0 saturated carbocycles. The van der Waals surface area contributed by atoms with Gasteiger partial charge in [-0.15, -0.1) is 0 Å². The molecule has 0 unspecified atom stereocenters. The second-order valence-corrected chi connectivity index (χ2v) is 5.63. The van der Waals surface area contributed by atoms with Gasteiger partial charge in [0, 0.05) is 12.2 Å². The van der Waals surface area contributed by atoms with Gasteiger partial charge in [0.25, 0.3) is 0 Å². The SMILES string of the molecule is Cc1cccc(Nc2ncnc(NCCc3ccccc3)c2[N+](=O)[O-])n1. The molecule has 0 aliphatic rings. The minimum Gasteiger partial charge on any atom is -0.364 e. The van der Waals surface area contributed by atoms with Crippen LogP contribution in [-0.2, 0) is 6.42 Å². The first-order valence-corrected chi connectivity index (χ1v) is 8.11. The number of rotatable bonds is 7. The summed E-state index contributed by atoms with van der Waals surface area (Å²) in [7, 11) is 0. The molecule has 0 spiro atoms. The normalized spacial score (nSPS) is 10.3. The molecule has 0 aliphatic carbocycles. The van der Waals surface area contributed by atoms with Crippen molar-refractivity contribution in [3.05, 3.63) is 76.2 Å². The summed E-state index contributed by atoms with van der Waals surface area (Å²) in [5, 5.41) is 17.5. The van der Waals surface area contributed by atoms with Crippen molar-refractivity contribution in [2.45, 2.75) is 13.3 Å². The number of aryl methyl sites for hydroxylation is 1. The Hall–Kier alpha value is -3.55. The molecule has 8 nitrogen and oxygen atoms in total. The summed E-state index contributed by atoms with van der Waals surface area (Å²) in [5.74, 6) is 0.767. The van der Waals surface area contributed by atoms with Crippen LogP contribution in [0.5, 0.6) is 0 Å². The first-order chi connectivity index (χ1) is 12.6. The van der Waals surface area contributed by atoms with E-state index in [0.29, 0.717) is 12.4 Å². The highest BCUT2D eigenvalue weighted by Crippen LogP contribution is 2.30. The van der Waals surface area contributed by atoms with Crippen LogP contribution in [0.3, 0.4) is 0 Å². The molecule has 3 aromatic rings. The lowest BCUT2D eigenvalue weighted by Crippen LogP contribution is -2.11. The quantitative estimate of drug-likeness (QED) is 0.496. The van der Waals surface area contributed by atoms with Crippen LogP contribution in [-0.4, -0.2) is 26.4 Å². The Balaban J connectivity index is 1.78. The van der Waals surface area contributed by atoms with Crippen LogP contribution in [0.15, 0.2) is 54.9 Å². The number of anilines is 3. The maximum Gasteiger partial charge on any atom is 0.353 e. The van der Waals surface area contributed by atoms with E-state index in [0.717, 1.165) is 17.7 Å². The molecular weight excluding hydrogens is 332 g/mol. The molecule has 0 fully saturated rings. The van der Waals surface area contributed by atoms with E-state index in [9.17, 15) is 10.1 Å². The average Bonchev–Trinajstić information content (AvgIpc) is 2.62. The van der Waals surface area contributed by atoms with E-state index in [1.54, 1.807) is 6.07 Å². The molecule has 2 N–H and O–H groups in total. The van der Waals surface area contributed by atoms with Crippen LogP contribution in [0.4, 0.5) is 23.1 Å². The van der Waals surface area contributed by atoms with Crippen molar-refractivity contribution in [2.75, 3.05) is 17.2 Å². The van der Waals surface area contributed by atoms with Gasteiger partial charge in [0.2, 0.25) is 11.6 Å². The summed E-state index contributed by atoms with van der Waals surface area (Å²) in [5.41, 5.74) is 1.73. The molecule has 0 aliphatic heterocycles. The first-order valence-electron chi connectivity index (χ1n) is 8.11. The van der Waals surface area contributed by atoms with Crippen molar-refractivity contribution in [3.63, 3.8) is 0 Å². The maximum atomic E-state index is 11.6. The number of pyridine rings is 1. The molecule has 0 bridgehead atoms. The third-order valence-electron chi connectivity index (χ3n) is 3.69. The average molecular weight is 350 g/mol. The molecule has 2 aromatic heterocycles. The lowest BCUT2D eigenvalue weighted by molar-refractivity contribution is -0.383. The van der Waals surface area contributed by atoms with Crippen LogP contribution < -0.4 is 10.6 Å². The Morgan fingerprint density at radius 1 is 1.04 bits per heavy atom. The first kappa shape index (κ1) is 17.3. The van der Waals surface area contributed by atoms with Crippen molar-refractivity contribution in [3.8, 4) is 0 Å². The highest BCUT2D eigenvalue weighted by Gasteiger charge is 2.23. The molecule has 26 heavy (non-hydrogen) atoms. The predicted octanol–water partition coefficient (Wildman–Crippen LogP) is 3.49. The Bertz CT molecular complexity index is 901. The molecule has 0 radical (unpaired) electrons. The standard InChI is InChI=1S/C18H18N6O2/c1-13-6-5-9-15(22-13)23-18-16(24(25)26)17(20-12-21-18)19-11-10-14-7-3-2-4-8-14/h2-9,12H,10-11H2,1H3,(H2,19,20,21,22,23). The highest BCUT2D eigenvalue weighted by molar-refractivity contribution is 5.72. The molecule has 3 rings (SSSR count). The lowest BCUT2D eigenvalue weighted by Gasteiger charge is -2.10. The van der Waals surface area contributed by atoms with Gasteiger partial charge in [-0.2, -0.15) is 0 Å². The van der Waals surface area contributed by atoms with Gasteiger partial charge in [-0.25, -0.2) is 15.0 Å². The largest absolute Gasteiger partial charge is 0.364 e. The topological polar surface area (TPSA) is 106 Å². The molecule has 0 saturated heterocycles. The second kappa shape index (κ2) is 8.02. The van der Waals surface area contributed by atoms with Gasteiger partial charge >= 0.3 is 5.69 Å². The van der Waals surface area contributed by atoms with Gasteiger partial charge in [-0.3, -0.25) is 10.1 Å². The molecule has 8 heteroatoms. The minimum absolute atomic E-state index is 0.102. The summed E-state index contributed by atoms with van der Waals surface area (Å²) < 4.78 is 0. The zero-order chi connectivity index (χ0) is 18.4. The highest BCUT2D eigenvalue weighted by atomic mass is 16.6. The van der Waals surface area contributed by atoms with Crippen molar-refractivity contribution in [1.82, 2.24) is 15.0 Å². The molecule has 0 atom stereocenters. The van der Waals surface area contributed by atoms with Gasteiger partial charge in [0.15, 0.2) is 0 Å². The van der Waals surface area contributed by atoms with E-state index in [-0.39, 0.29) is 17.3 Å². The molecule has 1 aromatic carbocycles. The Morgan fingerprint density at radius 3 is 2.54 bits per heavy atom. The fraction of sp³-hybridized carbons (Fsp3) is 0.167. The molecular formula is C18H18N6O2. The fourth-order valence-corrected chi connectivity index (χ4v) is 2.48. The zero-order valence-electron chi connectivity index (χ0n) is 14.2. The minimum atomic E-state index is -0.497. The number of nitro groups is 1. The van der Waals surface area contributed by atoms with Gasteiger partial charge in [-0.1, -0.05) is 36.4 Å². The van der Waals surface area contributed by atoms with Gasteiger partial charge in [0.1, 0.15) is 12.1 Å². The van der Waals surface area contributed by atoms with E-state index in [1.807, 2.05) is 49.4 Å². The number of hydrogen-bond acceptors (Lipinski definition) is 7. The third-order valence-corrected chi connectivity index (χ3v) is 3.69. The summed E-state index contributed by atoms with van der Waals surface area (Å²) in [4.78, 5) is 23.4. The number of nitrogens with zero attached hydrogens (tertiary/aromatic N) is 4. The number of hydrogen-bond donors (Lipinski definition) is 2. The summed E-state index contributed by atoms with van der Waals surface area (Å²) in [6.45, 7) is 2.36. The monoisotopic (exact) mass is 350 g/mol. The van der Waals surface area contributed by atoms with E-state index < -0.39 is 4.92 Å². The van der Waals surface area contributed by atoms with E-state index in [4.69, 9.17) is 0 Å². The summed E-state index contributed by atoms with van der Waals surface area (Å²) >= 11 is 0. The maximum absolute atomic E-state index is 11.6. The predicted molar refractivity (Wildman–Crippen MR) is 99.6 cm³/mol. The van der Waals surface area contributed by atoms with E-state index >= 15 is 0 Å². The number of nitrogens with one attached hydrogen (secondary N) is 2. The summed E-state index contributed by atoms with van der Waals surface area (Å²) in [6, 6.07) is 15.3. The van der Waals surface area contributed by atoms with Crippen molar-refractivity contribution in [1.29, 1.82) is 0 Å². The summed E-state index contributed by atoms with van der Waals surface area (Å²) in [6.07, 6.45) is 2.01. The smallest absolute Gasteiger partial charge is 0.353 e. The van der Waals surface area contributed by atoms with Gasteiger partial charge < -0.3 is 10.6 Å². The van der Waals surface area contributed by atoms with Crippen LogP contribution in [0.1, 0.15) is 11.3 Å². The van der Waals surface area contributed by atoms with Crippen LogP contribution in [0.2, 0.25) is 0 Å². The fourth-order valence-electron chi connectivity index (χ4n) is 2.48. The van der Waals surface area contributed by atoms with Crippen molar-refractivity contribution < 1.29 is 4.92 Å². The molecule has 2 heterocycles. The second-order valence-electron chi connectivity index (χ2n) is 5.63. The lowest BCUT2D eigenvalue weighted by atomic mass is 10.1. The number of benzene rings is 1. The van der Waals surface area contributed by atoms with Crippen molar-refractivity contribution in [2.24, 2.45) is 0 Å². The Labute approximate surface area is 150 Å². The Kier molecular flexibility index (Phi) is 5.33. The zero-order valence-corrected chi connectivity index (χ0v) is 14.2. The van der Waals surface area contributed by atoms with Gasteiger partial charge in [-0.05, 0) is 31.0 Å². The molecule has 132 valence electrons. The van der Waals surface area contributed by atoms with Crippen LogP contribution in [0, 0.1) is 17.0 Å². The number of aromatic nitrogens is 3. The van der Waals surface area contributed by atoms with Crippen LogP contribution >= 0.6 is 0 Å². The Morgan fingerprint density at radius 2 is 1.81 bits per heavy atom. The third kappa shape index (κ3) is 4.29. The van der Waals surface area contributed by atoms with E-state index in [2.05, 4.69) is 25.6 Å². The van der Waals surface area contributed by atoms with Crippen LogP contribution in [0.25, 0.3) is 0 Å². The van der Waals surface area contributed by atoms with Gasteiger partial charge in [0.05, 0.1) is 4.92 Å².